The van der Waals surface area contributed by atoms with Crippen molar-refractivity contribution in [2.75, 3.05) is 0 Å². The first-order valence-corrected chi connectivity index (χ1v) is 10.4. The van der Waals surface area contributed by atoms with Gasteiger partial charge in [0.1, 0.15) is 11.5 Å². The third kappa shape index (κ3) is 7.00. The molecule has 3 aromatic carbocycles. The van der Waals surface area contributed by atoms with Gasteiger partial charge in [-0.05, 0) is 62.7 Å². The molecule has 4 nitrogen and oxygen atoms in total. The summed E-state index contributed by atoms with van der Waals surface area (Å²) in [6.07, 6.45) is -0.666. The van der Waals surface area contributed by atoms with Gasteiger partial charge >= 0.3 is 0 Å². The maximum atomic E-state index is 10.8. The monoisotopic (exact) mass is 441 g/mol. The molecule has 0 aliphatic heterocycles. The molecule has 0 aliphatic rings. The van der Waals surface area contributed by atoms with Crippen LogP contribution in [-0.2, 0) is 0 Å². The van der Waals surface area contributed by atoms with Crippen LogP contribution in [0.15, 0.2) is 66.7 Å². The minimum absolute atomic E-state index is 0. The molecule has 0 bridgehead atoms. The fourth-order valence-corrected chi connectivity index (χ4v) is 3.24. The number of aliphatic hydroxyl groups excluding tert-OH is 1. The van der Waals surface area contributed by atoms with Crippen LogP contribution in [0.2, 0.25) is 0 Å². The molecule has 31 heavy (non-hydrogen) atoms. The van der Waals surface area contributed by atoms with Crippen LogP contribution in [0.4, 0.5) is 0 Å². The van der Waals surface area contributed by atoms with Crippen LogP contribution in [0.1, 0.15) is 43.6 Å². The molecule has 3 aromatic rings. The Bertz CT molecular complexity index is 955. The Balaban J connectivity index is 0.00000341. The third-order valence-electron chi connectivity index (χ3n) is 4.88. The summed E-state index contributed by atoms with van der Waals surface area (Å²) in [7, 11) is 0. The molecule has 2 atom stereocenters. The molecule has 2 unspecified atom stereocenters. The van der Waals surface area contributed by atoms with Crippen molar-refractivity contribution in [3.8, 4) is 23.0 Å². The first-order valence-electron chi connectivity index (χ1n) is 10.4. The topological polar surface area (TPSA) is 50.7 Å². The second-order valence-corrected chi connectivity index (χ2v) is 8.09. The summed E-state index contributed by atoms with van der Waals surface area (Å²) < 4.78 is 12.3. The number of ether oxygens (including phenoxy) is 2. The Morgan fingerprint density at radius 2 is 1.19 bits per heavy atom. The Labute approximate surface area is 191 Å². The average molecular weight is 442 g/mol. The predicted molar refractivity (Wildman–Crippen MR) is 129 cm³/mol. The molecule has 0 heterocycles. The molecule has 3 rings (SSSR count). The molecule has 0 spiro atoms. The molecule has 0 aromatic heterocycles. The third-order valence-corrected chi connectivity index (χ3v) is 4.88. The zero-order valence-corrected chi connectivity index (χ0v) is 19.6. The van der Waals surface area contributed by atoms with Crippen LogP contribution in [0.5, 0.6) is 23.0 Å². The highest BCUT2D eigenvalue weighted by atomic mass is 35.5. The van der Waals surface area contributed by atoms with E-state index in [-0.39, 0.29) is 24.5 Å². The van der Waals surface area contributed by atoms with E-state index in [0.29, 0.717) is 17.2 Å². The maximum absolute atomic E-state index is 10.8. The number of hydrogen-bond acceptors (Lipinski definition) is 4. The van der Waals surface area contributed by atoms with Gasteiger partial charge < -0.3 is 19.9 Å². The molecule has 0 fully saturated rings. The van der Waals surface area contributed by atoms with Crippen molar-refractivity contribution in [1.82, 2.24) is 5.32 Å². The van der Waals surface area contributed by atoms with Crippen LogP contribution in [0, 0.1) is 13.8 Å². The molecule has 0 saturated carbocycles. The summed E-state index contributed by atoms with van der Waals surface area (Å²) in [6, 6.07) is 21.5. The molecule has 5 heteroatoms. The van der Waals surface area contributed by atoms with Crippen LogP contribution in [0.25, 0.3) is 0 Å². The van der Waals surface area contributed by atoms with E-state index in [1.807, 2.05) is 87.5 Å². The lowest BCUT2D eigenvalue weighted by atomic mass is 10.0. The lowest BCUT2D eigenvalue weighted by molar-refractivity contribution is 0.131. The number of hydrogen-bond donors (Lipinski definition) is 2. The lowest BCUT2D eigenvalue weighted by Gasteiger charge is -2.24. The van der Waals surface area contributed by atoms with Gasteiger partial charge in [0.2, 0.25) is 0 Å². The van der Waals surface area contributed by atoms with Crippen molar-refractivity contribution in [3.05, 3.63) is 83.4 Å². The molecule has 0 amide bonds. The number of nitrogens with one attached hydrogen (secondary N) is 1. The molecule has 0 aliphatic carbocycles. The normalized spacial score (nSPS) is 12.7. The highest BCUT2D eigenvalue weighted by molar-refractivity contribution is 5.85. The smallest absolute Gasteiger partial charge is 0.170 e. The second kappa shape index (κ2) is 11.2. The summed E-state index contributed by atoms with van der Waals surface area (Å²) >= 11 is 0. The zero-order valence-electron chi connectivity index (χ0n) is 18.8. The number of rotatable bonds is 8. The SMILES string of the molecule is Cc1ccc(Oc2ccc(C(O)C(C)NC(C)C)cc2Oc2ccc(C)cc2)cc1.Cl. The summed E-state index contributed by atoms with van der Waals surface area (Å²) in [4.78, 5) is 0. The van der Waals surface area contributed by atoms with Crippen molar-refractivity contribution < 1.29 is 14.6 Å². The maximum Gasteiger partial charge on any atom is 0.170 e. The number of aryl methyl sites for hydroxylation is 2. The fraction of sp³-hybridized carbons (Fsp3) is 0.308. The summed E-state index contributed by atoms with van der Waals surface area (Å²) in [5.41, 5.74) is 3.11. The first kappa shape index (κ1) is 24.7. The van der Waals surface area contributed by atoms with E-state index in [9.17, 15) is 5.11 Å². The van der Waals surface area contributed by atoms with Crippen molar-refractivity contribution >= 4 is 12.4 Å². The summed E-state index contributed by atoms with van der Waals surface area (Å²) in [5.74, 6) is 2.61. The van der Waals surface area contributed by atoms with Gasteiger partial charge in [0, 0.05) is 12.1 Å². The molecular formula is C26H32ClNO3. The van der Waals surface area contributed by atoms with Gasteiger partial charge in [-0.2, -0.15) is 0 Å². The number of halogens is 1. The largest absolute Gasteiger partial charge is 0.453 e. The van der Waals surface area contributed by atoms with Gasteiger partial charge in [0.05, 0.1) is 6.10 Å². The Hall–Kier alpha value is -2.53. The zero-order chi connectivity index (χ0) is 21.7. The highest BCUT2D eigenvalue weighted by Gasteiger charge is 2.19. The van der Waals surface area contributed by atoms with Crippen LogP contribution in [0.3, 0.4) is 0 Å². The minimum atomic E-state index is -0.666. The van der Waals surface area contributed by atoms with Crippen LogP contribution in [-0.4, -0.2) is 17.2 Å². The van der Waals surface area contributed by atoms with Gasteiger partial charge in [-0.1, -0.05) is 55.3 Å². The lowest BCUT2D eigenvalue weighted by Crippen LogP contribution is -2.36. The number of aliphatic hydroxyl groups is 1. The van der Waals surface area contributed by atoms with Gasteiger partial charge in [0.25, 0.3) is 0 Å². The van der Waals surface area contributed by atoms with E-state index in [1.165, 1.54) is 5.56 Å². The Kier molecular flexibility index (Phi) is 8.93. The van der Waals surface area contributed by atoms with Crippen molar-refractivity contribution in [2.45, 2.75) is 52.8 Å². The summed E-state index contributed by atoms with van der Waals surface area (Å²) in [6.45, 7) is 10.2. The van der Waals surface area contributed by atoms with Crippen molar-refractivity contribution in [3.63, 3.8) is 0 Å². The van der Waals surface area contributed by atoms with Crippen molar-refractivity contribution in [2.24, 2.45) is 0 Å². The molecule has 0 radical (unpaired) electrons. The minimum Gasteiger partial charge on any atom is -0.453 e. The van der Waals surface area contributed by atoms with Gasteiger partial charge in [-0.25, -0.2) is 0 Å². The number of benzene rings is 3. The molecule has 166 valence electrons. The Morgan fingerprint density at radius 1 is 0.710 bits per heavy atom. The van der Waals surface area contributed by atoms with E-state index < -0.39 is 6.10 Å². The van der Waals surface area contributed by atoms with E-state index in [4.69, 9.17) is 9.47 Å². The van der Waals surface area contributed by atoms with E-state index in [1.54, 1.807) is 0 Å². The molecule has 2 N–H and O–H groups in total. The predicted octanol–water partition coefficient (Wildman–Crippen LogP) is 6.73. The van der Waals surface area contributed by atoms with Gasteiger partial charge in [0.15, 0.2) is 11.5 Å². The second-order valence-electron chi connectivity index (χ2n) is 8.09. The van der Waals surface area contributed by atoms with E-state index >= 15 is 0 Å². The molecular weight excluding hydrogens is 410 g/mol. The van der Waals surface area contributed by atoms with Crippen LogP contribution >= 0.6 is 12.4 Å². The fourth-order valence-electron chi connectivity index (χ4n) is 3.24. The Morgan fingerprint density at radius 3 is 1.68 bits per heavy atom. The summed E-state index contributed by atoms with van der Waals surface area (Å²) in [5, 5.41) is 14.2. The standard InChI is InChI=1S/C26H31NO3.ClH/c1-17(2)27-20(5)26(28)21-10-15-24(29-22-11-6-18(3)7-12-22)25(16-21)30-23-13-8-19(4)9-14-23;/h6-17,20,26-28H,1-5H3;1H. The molecule has 0 saturated heterocycles. The van der Waals surface area contributed by atoms with Crippen molar-refractivity contribution in [1.29, 1.82) is 0 Å². The van der Waals surface area contributed by atoms with E-state index in [0.717, 1.165) is 16.9 Å². The van der Waals surface area contributed by atoms with Gasteiger partial charge in [-0.15, -0.1) is 12.4 Å². The van der Waals surface area contributed by atoms with Crippen LogP contribution < -0.4 is 14.8 Å². The quantitative estimate of drug-likeness (QED) is 0.407. The van der Waals surface area contributed by atoms with Gasteiger partial charge in [-0.3, -0.25) is 0 Å². The highest BCUT2D eigenvalue weighted by Crippen LogP contribution is 2.37. The average Bonchev–Trinajstić information content (AvgIpc) is 2.71. The first-order chi connectivity index (χ1) is 14.3. The van der Waals surface area contributed by atoms with E-state index in [2.05, 4.69) is 19.2 Å².